The predicted octanol–water partition coefficient (Wildman–Crippen LogP) is 3.04. The predicted molar refractivity (Wildman–Crippen MR) is 166 cm³/mol. The molecule has 242 valence electrons. The molecule has 2 atom stereocenters. The average molecular weight is 633 g/mol. The molecule has 4 rings (SSSR count). The van der Waals surface area contributed by atoms with Crippen molar-refractivity contribution in [2.75, 3.05) is 38.1 Å². The van der Waals surface area contributed by atoms with Crippen LogP contribution in [0.15, 0.2) is 66.7 Å². The van der Waals surface area contributed by atoms with E-state index in [1.807, 2.05) is 12.1 Å². The second-order valence-corrected chi connectivity index (χ2v) is 10.5. The number of carbonyl (C=O) groups is 5. The molecule has 2 heterocycles. The third-order valence-electron chi connectivity index (χ3n) is 7.26. The fourth-order valence-electron chi connectivity index (χ4n) is 4.95. The Kier molecular flexibility index (Phi) is 11.6. The summed E-state index contributed by atoms with van der Waals surface area (Å²) in [7, 11) is 0. The van der Waals surface area contributed by atoms with E-state index < -0.39 is 41.9 Å². The molecule has 46 heavy (non-hydrogen) atoms. The Labute approximate surface area is 265 Å². The second-order valence-electron chi connectivity index (χ2n) is 10.5. The first-order valence-corrected chi connectivity index (χ1v) is 14.9. The number of rotatable bonds is 13. The fraction of sp³-hybridized carbons (Fsp3) is 0.344. The smallest absolute Gasteiger partial charge is 0.409 e. The number of carboxylic acids is 2. The lowest BCUT2D eigenvalue weighted by atomic mass is 10.0. The molecule has 3 amide bonds. The number of nitrogens with zero attached hydrogens (tertiary/aromatic N) is 4. The highest BCUT2D eigenvalue weighted by molar-refractivity contribution is 5.97. The minimum atomic E-state index is -1.19. The minimum absolute atomic E-state index is 0.112. The van der Waals surface area contributed by atoms with Crippen molar-refractivity contribution in [1.82, 2.24) is 25.1 Å². The van der Waals surface area contributed by atoms with Gasteiger partial charge in [-0.1, -0.05) is 60.7 Å². The van der Waals surface area contributed by atoms with Crippen LogP contribution in [0.25, 0.3) is 11.4 Å². The molecule has 3 aromatic rings. The first kappa shape index (κ1) is 33.4. The molecule has 14 heteroatoms. The zero-order valence-corrected chi connectivity index (χ0v) is 25.3. The third kappa shape index (κ3) is 9.24. The number of carboxylic acid groups (broad SMARTS) is 2. The molecule has 0 radical (unpaired) electrons. The van der Waals surface area contributed by atoms with Crippen molar-refractivity contribution in [3.8, 4) is 11.4 Å². The van der Waals surface area contributed by atoms with Crippen LogP contribution in [0.1, 0.15) is 48.3 Å². The van der Waals surface area contributed by atoms with Crippen molar-refractivity contribution < 1.29 is 38.9 Å². The largest absolute Gasteiger partial charge is 0.481 e. The van der Waals surface area contributed by atoms with Crippen LogP contribution in [0.4, 0.5) is 10.6 Å². The number of anilines is 1. The standard InChI is InChI=1S/C32H36N6O8/c1-2-46-32(45)38-17-15-37(16-18-38)31(44)23(13-14-27(39)40)35-30(43)25-19-26(36-29(34-25)22-11-7-4-8-12-22)33-24(20-28(41)42)21-9-5-3-6-10-21/h3-12,19,23-24H,2,13-18,20H2,1H3,(H,35,43)(H,39,40)(H,41,42)(H,33,34,36)/t23?,24-/m0/s1. The quantitative estimate of drug-likeness (QED) is 0.217. The molecular formula is C32H36N6O8. The number of piperazine rings is 1. The van der Waals surface area contributed by atoms with E-state index in [0.717, 1.165) is 0 Å². The van der Waals surface area contributed by atoms with Crippen molar-refractivity contribution >= 4 is 35.7 Å². The molecule has 1 aliphatic heterocycles. The van der Waals surface area contributed by atoms with E-state index >= 15 is 0 Å². The van der Waals surface area contributed by atoms with Gasteiger partial charge in [-0.3, -0.25) is 19.2 Å². The average Bonchev–Trinajstić information content (AvgIpc) is 3.06. The lowest BCUT2D eigenvalue weighted by Crippen LogP contribution is -2.56. The molecule has 14 nitrogen and oxygen atoms in total. The highest BCUT2D eigenvalue weighted by atomic mass is 16.6. The highest BCUT2D eigenvalue weighted by Gasteiger charge is 2.31. The summed E-state index contributed by atoms with van der Waals surface area (Å²) >= 11 is 0. The number of hydrogen-bond donors (Lipinski definition) is 4. The molecule has 1 saturated heterocycles. The van der Waals surface area contributed by atoms with Crippen LogP contribution < -0.4 is 10.6 Å². The summed E-state index contributed by atoms with van der Waals surface area (Å²) < 4.78 is 5.03. The molecule has 2 aromatic carbocycles. The van der Waals surface area contributed by atoms with Gasteiger partial charge in [0.05, 0.1) is 19.1 Å². The lowest BCUT2D eigenvalue weighted by Gasteiger charge is -2.35. The Hall–Kier alpha value is -5.53. The summed E-state index contributed by atoms with van der Waals surface area (Å²) in [5, 5.41) is 24.7. The number of aromatic nitrogens is 2. The lowest BCUT2D eigenvalue weighted by molar-refractivity contribution is -0.139. The highest BCUT2D eigenvalue weighted by Crippen LogP contribution is 2.25. The zero-order valence-electron chi connectivity index (χ0n) is 25.3. The number of amides is 3. The summed E-state index contributed by atoms with van der Waals surface area (Å²) in [6.45, 7) is 2.74. The van der Waals surface area contributed by atoms with Crippen LogP contribution in [0, 0.1) is 0 Å². The number of nitrogens with one attached hydrogen (secondary N) is 2. The maximum Gasteiger partial charge on any atom is 0.409 e. The Morgan fingerprint density at radius 2 is 1.50 bits per heavy atom. The van der Waals surface area contributed by atoms with Crippen molar-refractivity contribution in [1.29, 1.82) is 0 Å². The molecule has 1 aromatic heterocycles. The van der Waals surface area contributed by atoms with E-state index in [1.165, 1.54) is 15.9 Å². The number of ether oxygens (including phenoxy) is 1. The van der Waals surface area contributed by atoms with Crippen molar-refractivity contribution in [3.05, 3.63) is 78.0 Å². The van der Waals surface area contributed by atoms with E-state index in [1.54, 1.807) is 55.5 Å². The Bertz CT molecular complexity index is 1530. The first-order chi connectivity index (χ1) is 22.1. The molecule has 4 N–H and O–H groups in total. The van der Waals surface area contributed by atoms with Gasteiger partial charge >= 0.3 is 18.0 Å². The number of aliphatic carboxylic acids is 2. The van der Waals surface area contributed by atoms with Crippen LogP contribution in [0.5, 0.6) is 0 Å². The van der Waals surface area contributed by atoms with Gasteiger partial charge < -0.3 is 35.4 Å². The maximum atomic E-state index is 13.7. The fourth-order valence-corrected chi connectivity index (χ4v) is 4.95. The molecule has 1 unspecified atom stereocenters. The maximum absolute atomic E-state index is 13.7. The van der Waals surface area contributed by atoms with Gasteiger partial charge in [0.1, 0.15) is 17.6 Å². The monoisotopic (exact) mass is 632 g/mol. The van der Waals surface area contributed by atoms with E-state index in [0.29, 0.717) is 11.1 Å². The van der Waals surface area contributed by atoms with Gasteiger partial charge in [-0.2, -0.15) is 0 Å². The Morgan fingerprint density at radius 3 is 2.11 bits per heavy atom. The van der Waals surface area contributed by atoms with Crippen LogP contribution in [-0.2, 0) is 19.1 Å². The SMILES string of the molecule is CCOC(=O)N1CCN(C(=O)C(CCC(=O)O)NC(=O)c2cc(N[C@@H](CC(=O)O)c3ccccc3)nc(-c3ccccc3)n2)CC1. The second kappa shape index (κ2) is 16.0. The number of hydrogen-bond acceptors (Lipinski definition) is 9. The summed E-state index contributed by atoms with van der Waals surface area (Å²) in [5.41, 5.74) is 1.17. The van der Waals surface area contributed by atoms with Gasteiger partial charge in [0, 0.05) is 44.2 Å². The minimum Gasteiger partial charge on any atom is -0.481 e. The molecule has 1 aliphatic rings. The summed E-state index contributed by atoms with van der Waals surface area (Å²) in [4.78, 5) is 74.3. The molecular weight excluding hydrogens is 596 g/mol. The van der Waals surface area contributed by atoms with Crippen LogP contribution >= 0.6 is 0 Å². The van der Waals surface area contributed by atoms with E-state index in [2.05, 4.69) is 20.6 Å². The van der Waals surface area contributed by atoms with Crippen molar-refractivity contribution in [3.63, 3.8) is 0 Å². The summed E-state index contributed by atoms with van der Waals surface area (Å²) in [5.74, 6) is -3.05. The zero-order chi connectivity index (χ0) is 33.1. The number of benzene rings is 2. The van der Waals surface area contributed by atoms with Gasteiger partial charge in [0.2, 0.25) is 5.91 Å². The van der Waals surface area contributed by atoms with Crippen molar-refractivity contribution in [2.45, 2.75) is 38.3 Å². The normalized spacial score (nSPS) is 14.1. The van der Waals surface area contributed by atoms with E-state index in [-0.39, 0.29) is 69.4 Å². The molecule has 0 bridgehead atoms. The van der Waals surface area contributed by atoms with Crippen LogP contribution in [0.2, 0.25) is 0 Å². The molecule has 1 fully saturated rings. The van der Waals surface area contributed by atoms with Gasteiger partial charge in [-0.05, 0) is 18.9 Å². The van der Waals surface area contributed by atoms with Crippen molar-refractivity contribution in [2.24, 2.45) is 0 Å². The Morgan fingerprint density at radius 1 is 0.870 bits per heavy atom. The van der Waals surface area contributed by atoms with Crippen LogP contribution in [0.3, 0.4) is 0 Å². The van der Waals surface area contributed by atoms with Gasteiger partial charge in [0.25, 0.3) is 5.91 Å². The first-order valence-electron chi connectivity index (χ1n) is 14.9. The van der Waals surface area contributed by atoms with Crippen LogP contribution in [-0.4, -0.2) is 98.7 Å². The van der Waals surface area contributed by atoms with E-state index in [9.17, 15) is 34.2 Å². The topological polar surface area (TPSA) is 191 Å². The Balaban J connectivity index is 1.60. The van der Waals surface area contributed by atoms with Gasteiger partial charge in [-0.15, -0.1) is 0 Å². The summed E-state index contributed by atoms with van der Waals surface area (Å²) in [6.07, 6.45) is -1.30. The van der Waals surface area contributed by atoms with Gasteiger partial charge in [-0.25, -0.2) is 14.8 Å². The third-order valence-corrected chi connectivity index (χ3v) is 7.26. The molecule has 0 aliphatic carbocycles. The molecule has 0 saturated carbocycles. The van der Waals surface area contributed by atoms with E-state index in [4.69, 9.17) is 4.74 Å². The number of carbonyl (C=O) groups excluding carboxylic acids is 3. The summed E-state index contributed by atoms with van der Waals surface area (Å²) in [6, 6.07) is 17.3. The molecule has 0 spiro atoms. The van der Waals surface area contributed by atoms with Gasteiger partial charge in [0.15, 0.2) is 5.82 Å².